The summed E-state index contributed by atoms with van der Waals surface area (Å²) < 4.78 is 6.92. The molecule has 0 amide bonds. The largest absolute Gasteiger partial charge is 0.330 e. The van der Waals surface area contributed by atoms with E-state index < -0.39 is 0 Å². The van der Waals surface area contributed by atoms with E-state index in [-0.39, 0.29) is 0 Å². The van der Waals surface area contributed by atoms with Gasteiger partial charge in [0.25, 0.3) is 0 Å². The second kappa shape index (κ2) is 6.05. The Bertz CT molecular complexity index is 714. The first-order valence-electron chi connectivity index (χ1n) is 7.28. The van der Waals surface area contributed by atoms with Gasteiger partial charge in [-0.05, 0) is 41.6 Å². The molecule has 0 N–H and O–H groups in total. The van der Waals surface area contributed by atoms with Crippen molar-refractivity contribution >= 4 is 11.0 Å². The fourth-order valence-electron chi connectivity index (χ4n) is 2.46. The van der Waals surface area contributed by atoms with Crippen LogP contribution in [-0.4, -0.2) is 44.4 Å². The Morgan fingerprint density at radius 1 is 1.14 bits per heavy atom. The Hall–Kier alpha value is -2.21. The standard InChI is InChI=1S/C15H19N5O/c1-3-19(4-2)9-10-20-8-7-16-15(20)12-5-6-13-14(11-12)18-21-17-13/h5-8,11H,3-4,9-10H2,1-2H3. The van der Waals surface area contributed by atoms with E-state index in [1.54, 1.807) is 0 Å². The molecule has 6 nitrogen and oxygen atoms in total. The Kier molecular flexibility index (Phi) is 3.96. The van der Waals surface area contributed by atoms with Crippen LogP contribution in [0, 0.1) is 0 Å². The van der Waals surface area contributed by atoms with Gasteiger partial charge in [-0.25, -0.2) is 9.61 Å². The summed E-state index contributed by atoms with van der Waals surface area (Å²) in [6, 6.07) is 5.87. The summed E-state index contributed by atoms with van der Waals surface area (Å²) in [7, 11) is 0. The normalized spacial score (nSPS) is 11.6. The van der Waals surface area contributed by atoms with Crippen molar-refractivity contribution in [2.45, 2.75) is 20.4 Å². The molecule has 0 spiro atoms. The molecule has 0 bridgehead atoms. The SMILES string of the molecule is CCN(CC)CCn1ccnc1-c1ccc2nonc2c1. The predicted molar refractivity (Wildman–Crippen MR) is 80.8 cm³/mol. The number of hydrogen-bond acceptors (Lipinski definition) is 5. The number of aromatic nitrogens is 4. The van der Waals surface area contributed by atoms with Crippen LogP contribution in [0.25, 0.3) is 22.4 Å². The molecule has 0 aliphatic carbocycles. The molecule has 3 rings (SSSR count). The molecule has 1 aromatic carbocycles. The predicted octanol–water partition coefficient (Wildman–Crippen LogP) is 2.43. The van der Waals surface area contributed by atoms with E-state index in [0.29, 0.717) is 0 Å². The maximum Gasteiger partial charge on any atom is 0.140 e. The van der Waals surface area contributed by atoms with Crippen molar-refractivity contribution in [1.82, 2.24) is 24.8 Å². The molecule has 0 aliphatic heterocycles. The van der Waals surface area contributed by atoms with Crippen molar-refractivity contribution in [2.24, 2.45) is 0 Å². The third-order valence-corrected chi connectivity index (χ3v) is 3.78. The molecule has 0 saturated carbocycles. The highest BCUT2D eigenvalue weighted by Gasteiger charge is 2.09. The van der Waals surface area contributed by atoms with E-state index in [1.807, 2.05) is 30.6 Å². The van der Waals surface area contributed by atoms with Crippen LogP contribution in [-0.2, 0) is 6.54 Å². The fraction of sp³-hybridized carbons (Fsp3) is 0.400. The van der Waals surface area contributed by atoms with Gasteiger partial charge in [0.1, 0.15) is 16.9 Å². The summed E-state index contributed by atoms with van der Waals surface area (Å²) in [6.07, 6.45) is 3.85. The number of nitrogens with zero attached hydrogens (tertiary/aromatic N) is 5. The minimum atomic E-state index is 0.755. The number of fused-ring (bicyclic) bond motifs is 1. The van der Waals surface area contributed by atoms with Crippen LogP contribution >= 0.6 is 0 Å². The van der Waals surface area contributed by atoms with E-state index in [0.717, 1.165) is 48.6 Å². The molecular weight excluding hydrogens is 266 g/mol. The van der Waals surface area contributed by atoms with E-state index in [9.17, 15) is 0 Å². The highest BCUT2D eigenvalue weighted by molar-refractivity contribution is 5.78. The monoisotopic (exact) mass is 285 g/mol. The minimum absolute atomic E-state index is 0.755. The summed E-state index contributed by atoms with van der Waals surface area (Å²) in [5, 5.41) is 7.71. The first kappa shape index (κ1) is 13.8. The van der Waals surface area contributed by atoms with Gasteiger partial charge in [0, 0.05) is 31.0 Å². The molecule has 2 heterocycles. The Morgan fingerprint density at radius 3 is 2.76 bits per heavy atom. The lowest BCUT2D eigenvalue weighted by Gasteiger charge is -2.18. The topological polar surface area (TPSA) is 60.0 Å². The Labute approximate surface area is 123 Å². The Balaban J connectivity index is 1.84. The van der Waals surface area contributed by atoms with Crippen LogP contribution in [0.4, 0.5) is 0 Å². The van der Waals surface area contributed by atoms with Crippen LogP contribution < -0.4 is 0 Å². The molecule has 0 fully saturated rings. The zero-order chi connectivity index (χ0) is 14.7. The average Bonchev–Trinajstić information content (AvgIpc) is 3.16. The summed E-state index contributed by atoms with van der Waals surface area (Å²) in [4.78, 5) is 6.87. The van der Waals surface area contributed by atoms with Gasteiger partial charge in [0.2, 0.25) is 0 Å². The van der Waals surface area contributed by atoms with Gasteiger partial charge in [-0.1, -0.05) is 13.8 Å². The maximum atomic E-state index is 4.74. The van der Waals surface area contributed by atoms with Crippen LogP contribution in [0.3, 0.4) is 0 Å². The van der Waals surface area contributed by atoms with Crippen LogP contribution in [0.15, 0.2) is 35.2 Å². The molecule has 0 aliphatic rings. The van der Waals surface area contributed by atoms with Crippen molar-refractivity contribution < 1.29 is 4.63 Å². The molecule has 110 valence electrons. The number of benzene rings is 1. The third-order valence-electron chi connectivity index (χ3n) is 3.78. The van der Waals surface area contributed by atoms with Gasteiger partial charge in [0.05, 0.1) is 0 Å². The quantitative estimate of drug-likeness (QED) is 0.696. The number of rotatable bonds is 6. The van der Waals surface area contributed by atoms with Crippen molar-refractivity contribution in [3.05, 3.63) is 30.6 Å². The fourth-order valence-corrected chi connectivity index (χ4v) is 2.46. The lowest BCUT2D eigenvalue weighted by molar-refractivity contribution is 0.291. The molecule has 6 heteroatoms. The Morgan fingerprint density at radius 2 is 1.95 bits per heavy atom. The van der Waals surface area contributed by atoms with E-state index >= 15 is 0 Å². The maximum absolute atomic E-state index is 4.74. The highest BCUT2D eigenvalue weighted by atomic mass is 16.6. The molecule has 0 saturated heterocycles. The van der Waals surface area contributed by atoms with Gasteiger partial charge in [0.15, 0.2) is 0 Å². The lowest BCUT2D eigenvalue weighted by atomic mass is 10.2. The van der Waals surface area contributed by atoms with Gasteiger partial charge < -0.3 is 9.47 Å². The first-order valence-corrected chi connectivity index (χ1v) is 7.28. The van der Waals surface area contributed by atoms with E-state index in [1.165, 1.54) is 0 Å². The first-order chi connectivity index (χ1) is 10.3. The summed E-state index contributed by atoms with van der Waals surface area (Å²) in [5.74, 6) is 0.951. The minimum Gasteiger partial charge on any atom is -0.330 e. The van der Waals surface area contributed by atoms with Crippen molar-refractivity contribution in [1.29, 1.82) is 0 Å². The summed E-state index contributed by atoms with van der Waals surface area (Å²) in [6.45, 7) is 8.44. The van der Waals surface area contributed by atoms with E-state index in [4.69, 9.17) is 4.63 Å². The van der Waals surface area contributed by atoms with Crippen molar-refractivity contribution in [3.63, 3.8) is 0 Å². The third kappa shape index (κ3) is 2.80. The highest BCUT2D eigenvalue weighted by Crippen LogP contribution is 2.21. The lowest BCUT2D eigenvalue weighted by Crippen LogP contribution is -2.27. The molecular formula is C15H19N5O. The van der Waals surface area contributed by atoms with Gasteiger partial charge in [-0.2, -0.15) is 0 Å². The van der Waals surface area contributed by atoms with Crippen molar-refractivity contribution in [3.8, 4) is 11.4 Å². The van der Waals surface area contributed by atoms with Gasteiger partial charge >= 0.3 is 0 Å². The summed E-state index contributed by atoms with van der Waals surface area (Å²) in [5.41, 5.74) is 2.55. The molecule has 0 radical (unpaired) electrons. The second-order valence-corrected chi connectivity index (χ2v) is 4.94. The molecule has 2 aromatic heterocycles. The molecule has 21 heavy (non-hydrogen) atoms. The number of hydrogen-bond donors (Lipinski definition) is 0. The second-order valence-electron chi connectivity index (χ2n) is 4.94. The molecule has 3 aromatic rings. The van der Waals surface area contributed by atoms with E-state index in [2.05, 4.69) is 38.6 Å². The molecule has 0 atom stereocenters. The van der Waals surface area contributed by atoms with Gasteiger partial charge in [-0.3, -0.25) is 0 Å². The number of imidazole rings is 1. The van der Waals surface area contributed by atoms with Crippen LogP contribution in [0.1, 0.15) is 13.8 Å². The smallest absolute Gasteiger partial charge is 0.140 e. The zero-order valence-electron chi connectivity index (χ0n) is 12.4. The number of likely N-dealkylation sites (N-methyl/N-ethyl adjacent to an activating group) is 1. The van der Waals surface area contributed by atoms with Gasteiger partial charge in [-0.15, -0.1) is 0 Å². The van der Waals surface area contributed by atoms with Crippen LogP contribution in [0.2, 0.25) is 0 Å². The average molecular weight is 285 g/mol. The summed E-state index contributed by atoms with van der Waals surface area (Å²) >= 11 is 0. The van der Waals surface area contributed by atoms with Crippen LogP contribution in [0.5, 0.6) is 0 Å². The van der Waals surface area contributed by atoms with Crippen molar-refractivity contribution in [2.75, 3.05) is 19.6 Å². The molecule has 0 unspecified atom stereocenters. The zero-order valence-corrected chi connectivity index (χ0v) is 12.4.